The third-order valence-corrected chi connectivity index (χ3v) is 10.1. The van der Waals surface area contributed by atoms with Gasteiger partial charge in [0.15, 0.2) is 0 Å². The molecule has 0 spiro atoms. The molecule has 4 aliphatic rings. The highest BCUT2D eigenvalue weighted by Gasteiger charge is 2.60. The number of carboxylic acid groups (broad SMARTS) is 1. The maximum atomic E-state index is 13.3. The van der Waals surface area contributed by atoms with Gasteiger partial charge in [0.2, 0.25) is 17.7 Å². The molecule has 230 valence electrons. The second-order valence-electron chi connectivity index (χ2n) is 11.5. The minimum Gasteiger partial charge on any atom is -0.477 e. The summed E-state index contributed by atoms with van der Waals surface area (Å²) in [6.07, 6.45) is 1.89. The number of piperazine rings is 1. The van der Waals surface area contributed by atoms with Gasteiger partial charge in [0.1, 0.15) is 18.6 Å². The molecule has 1 aromatic heterocycles. The van der Waals surface area contributed by atoms with E-state index in [0.717, 1.165) is 13.1 Å². The summed E-state index contributed by atoms with van der Waals surface area (Å²) < 4.78 is 1.28. The van der Waals surface area contributed by atoms with Gasteiger partial charge < -0.3 is 37.0 Å². The minimum absolute atomic E-state index is 0.00699. The van der Waals surface area contributed by atoms with Crippen LogP contribution < -0.4 is 22.1 Å². The second-order valence-corrected chi connectivity index (χ2v) is 12.8. The molecule has 42 heavy (non-hydrogen) atoms. The number of carboxylic acids is 1. The first kappa shape index (κ1) is 30.3. The zero-order chi connectivity index (χ0) is 30.1. The summed E-state index contributed by atoms with van der Waals surface area (Å²) in [4.78, 5) is 57.4. The molecule has 1 aromatic rings. The fraction of sp³-hybridized carbons (Fsp3) is 0.720. The fourth-order valence-corrected chi connectivity index (χ4v) is 7.90. The molecule has 7 N–H and O–H groups in total. The van der Waals surface area contributed by atoms with Crippen LogP contribution >= 0.6 is 11.8 Å². The summed E-state index contributed by atoms with van der Waals surface area (Å²) in [6.45, 7) is 8.03. The van der Waals surface area contributed by atoms with Gasteiger partial charge in [-0.2, -0.15) is 0 Å². The number of hydrogen-bond donors (Lipinski definition) is 5. The van der Waals surface area contributed by atoms with Crippen LogP contribution in [0.15, 0.2) is 16.9 Å². The summed E-state index contributed by atoms with van der Waals surface area (Å²) in [7, 11) is 0. The van der Waals surface area contributed by atoms with E-state index in [-0.39, 0.29) is 59.3 Å². The lowest BCUT2D eigenvalue weighted by Crippen LogP contribution is -2.66. The molecule has 4 aliphatic heterocycles. The van der Waals surface area contributed by atoms with Crippen molar-refractivity contribution in [1.82, 2.24) is 45.5 Å². The molecule has 16 nitrogen and oxygen atoms in total. The van der Waals surface area contributed by atoms with Gasteiger partial charge in [-0.05, 0) is 23.8 Å². The second kappa shape index (κ2) is 12.6. The normalized spacial score (nSPS) is 29.3. The van der Waals surface area contributed by atoms with Crippen molar-refractivity contribution in [3.63, 3.8) is 0 Å². The van der Waals surface area contributed by atoms with Crippen molar-refractivity contribution in [3.05, 3.63) is 16.9 Å². The largest absolute Gasteiger partial charge is 0.477 e. The number of nitrogens with one attached hydrogen (secondary N) is 2. The summed E-state index contributed by atoms with van der Waals surface area (Å²) in [5.74, 6) is -2.55. The van der Waals surface area contributed by atoms with E-state index in [0.29, 0.717) is 44.0 Å². The molecule has 0 aromatic carbocycles. The highest BCUT2D eigenvalue weighted by molar-refractivity contribution is 8.03. The zero-order valence-corrected chi connectivity index (χ0v) is 24.6. The van der Waals surface area contributed by atoms with E-state index in [1.807, 2.05) is 11.8 Å². The number of rotatable bonds is 11. The molecule has 3 saturated heterocycles. The van der Waals surface area contributed by atoms with Crippen LogP contribution in [0.2, 0.25) is 0 Å². The zero-order valence-electron chi connectivity index (χ0n) is 23.8. The van der Waals surface area contributed by atoms with Gasteiger partial charge in [-0.3, -0.25) is 19.3 Å². The minimum atomic E-state index is -1.15. The summed E-state index contributed by atoms with van der Waals surface area (Å²) in [5, 5.41) is 26.9. The number of amides is 3. The summed E-state index contributed by atoms with van der Waals surface area (Å²) in [6, 6.07) is -1.30. The third kappa shape index (κ3) is 6.01. The van der Waals surface area contributed by atoms with Crippen molar-refractivity contribution in [2.45, 2.75) is 56.2 Å². The Hall–Kier alpha value is -3.12. The Kier molecular flexibility index (Phi) is 9.12. The van der Waals surface area contributed by atoms with Crippen LogP contribution in [0.3, 0.4) is 0 Å². The average molecular weight is 606 g/mol. The predicted molar refractivity (Wildman–Crippen MR) is 151 cm³/mol. The number of hydrogen-bond acceptors (Lipinski definition) is 12. The molecule has 3 fully saturated rings. The van der Waals surface area contributed by atoms with Gasteiger partial charge in [0.25, 0.3) is 0 Å². The number of aliphatic carboxylic acids is 1. The van der Waals surface area contributed by atoms with Crippen LogP contribution in [0, 0.1) is 11.8 Å². The Morgan fingerprint density at radius 3 is 2.64 bits per heavy atom. The molecule has 7 atom stereocenters. The Bertz CT molecular complexity index is 1220. The molecule has 5 rings (SSSR count). The molecular weight excluding hydrogens is 566 g/mol. The van der Waals surface area contributed by atoms with Crippen LogP contribution in [0.1, 0.15) is 20.3 Å². The predicted octanol–water partition coefficient (Wildman–Crippen LogP) is -3.16. The standard InChI is InChI=1S/C25H39N11O5S/c1-13-20-19(14(2)30-18(37)11-35-12-29-31-32-35)24(39)36(20)21(25(40)41)22(13)42-16-7-17(28-9-16)23(38)34-5-3-33(4-6-34)10-15(27)8-26/h12-17,19-20,28H,3-11,26-27H2,1-2H3,(H,30,37)(H,40,41)/t13-,14-,15-,16+,17+,19-,20-/m1/s1. The number of thioether (sulfide) groups is 1. The number of nitrogens with zero attached hydrogens (tertiary/aromatic N) is 7. The quantitative estimate of drug-likeness (QED) is 0.158. The lowest BCUT2D eigenvalue weighted by Gasteiger charge is -2.47. The van der Waals surface area contributed by atoms with Crippen molar-refractivity contribution in [1.29, 1.82) is 0 Å². The van der Waals surface area contributed by atoms with E-state index < -0.39 is 17.9 Å². The van der Waals surface area contributed by atoms with Crippen molar-refractivity contribution < 1.29 is 24.3 Å². The van der Waals surface area contributed by atoms with Gasteiger partial charge in [0, 0.05) is 74.0 Å². The first-order chi connectivity index (χ1) is 20.1. The number of aromatic nitrogens is 4. The van der Waals surface area contributed by atoms with E-state index in [1.165, 1.54) is 27.7 Å². The number of β-lactam (4-membered cyclic amide) rings is 1. The van der Waals surface area contributed by atoms with Crippen LogP contribution in [-0.2, 0) is 25.7 Å². The Morgan fingerprint density at radius 1 is 1.26 bits per heavy atom. The number of fused-ring (bicyclic) bond motifs is 1. The van der Waals surface area contributed by atoms with Crippen molar-refractivity contribution in [2.75, 3.05) is 45.8 Å². The molecule has 3 amide bonds. The Balaban J connectivity index is 1.17. The monoisotopic (exact) mass is 605 g/mol. The number of carbonyl (C=O) groups excluding carboxylic acids is 3. The third-order valence-electron chi connectivity index (χ3n) is 8.58. The van der Waals surface area contributed by atoms with Gasteiger partial charge in [-0.1, -0.05) is 6.92 Å². The van der Waals surface area contributed by atoms with Gasteiger partial charge in [0.05, 0.1) is 18.0 Å². The molecule has 5 heterocycles. The van der Waals surface area contributed by atoms with Crippen molar-refractivity contribution >= 4 is 35.5 Å². The van der Waals surface area contributed by atoms with E-state index in [9.17, 15) is 24.3 Å². The SMILES string of the molecule is C[C@@H](NC(=O)Cn1cnnn1)[C@H]1C(=O)N2C(C(=O)O)=C(S[C@@H]3CN[C@H](C(=O)N4CCN(C[C@H](N)CN)CC4)C3)[C@H](C)[C@H]12. The van der Waals surface area contributed by atoms with Crippen molar-refractivity contribution in [2.24, 2.45) is 23.3 Å². The van der Waals surface area contributed by atoms with Gasteiger partial charge in [-0.15, -0.1) is 16.9 Å². The smallest absolute Gasteiger partial charge is 0.353 e. The van der Waals surface area contributed by atoms with Gasteiger partial charge >= 0.3 is 5.97 Å². The van der Waals surface area contributed by atoms with E-state index in [2.05, 4.69) is 31.1 Å². The molecular formula is C25H39N11O5S. The molecule has 0 aliphatic carbocycles. The van der Waals surface area contributed by atoms with Crippen LogP contribution in [0.5, 0.6) is 0 Å². The van der Waals surface area contributed by atoms with Crippen LogP contribution in [0.4, 0.5) is 0 Å². The van der Waals surface area contributed by atoms with Crippen LogP contribution in [-0.4, -0.2) is 139 Å². The maximum Gasteiger partial charge on any atom is 0.353 e. The number of tetrazole rings is 1. The lowest BCUT2D eigenvalue weighted by atomic mass is 9.78. The highest BCUT2D eigenvalue weighted by atomic mass is 32.2. The van der Waals surface area contributed by atoms with Gasteiger partial charge in [-0.25, -0.2) is 9.48 Å². The summed E-state index contributed by atoms with van der Waals surface area (Å²) in [5.41, 5.74) is 11.6. The topological polar surface area (TPSA) is 218 Å². The first-order valence-electron chi connectivity index (χ1n) is 14.3. The van der Waals surface area contributed by atoms with E-state index >= 15 is 0 Å². The molecule has 0 radical (unpaired) electrons. The maximum absolute atomic E-state index is 13.3. The highest BCUT2D eigenvalue weighted by Crippen LogP contribution is 2.51. The van der Waals surface area contributed by atoms with E-state index in [4.69, 9.17) is 11.5 Å². The molecule has 0 unspecified atom stereocenters. The van der Waals surface area contributed by atoms with Crippen LogP contribution in [0.25, 0.3) is 0 Å². The molecule has 0 bridgehead atoms. The van der Waals surface area contributed by atoms with Crippen molar-refractivity contribution in [3.8, 4) is 0 Å². The Morgan fingerprint density at radius 2 is 2.00 bits per heavy atom. The van der Waals surface area contributed by atoms with E-state index in [1.54, 1.807) is 6.92 Å². The Labute approximate surface area is 247 Å². The summed E-state index contributed by atoms with van der Waals surface area (Å²) >= 11 is 1.44. The lowest BCUT2D eigenvalue weighted by molar-refractivity contribution is -0.158. The number of carbonyl (C=O) groups is 4. The number of nitrogens with two attached hydrogens (primary N) is 2. The molecule has 0 saturated carbocycles. The average Bonchev–Trinajstić information content (AvgIpc) is 3.69. The molecule has 17 heteroatoms. The first-order valence-corrected chi connectivity index (χ1v) is 15.1. The fourth-order valence-electron chi connectivity index (χ4n) is 6.42.